The summed E-state index contributed by atoms with van der Waals surface area (Å²) in [6.45, 7) is 2.67. The second-order valence-corrected chi connectivity index (χ2v) is 4.56. The van der Waals surface area contributed by atoms with Crippen LogP contribution >= 0.6 is 0 Å². The topological polar surface area (TPSA) is 47.3 Å². The number of rotatable bonds is 8. The Labute approximate surface area is 93.7 Å². The zero-order chi connectivity index (χ0) is 10.8. The van der Waals surface area contributed by atoms with E-state index >= 15 is 0 Å². The van der Waals surface area contributed by atoms with E-state index in [2.05, 4.69) is 5.48 Å². The van der Waals surface area contributed by atoms with Crippen molar-refractivity contribution in [3.05, 3.63) is 0 Å². The molecule has 0 aromatic heterocycles. The molecule has 0 spiro atoms. The number of hydrogen-bond donors (Lipinski definition) is 2. The van der Waals surface area contributed by atoms with E-state index in [-0.39, 0.29) is 0 Å². The van der Waals surface area contributed by atoms with Gasteiger partial charge in [0.15, 0.2) is 0 Å². The molecule has 0 bridgehead atoms. The van der Waals surface area contributed by atoms with Crippen LogP contribution in [0.4, 0.5) is 0 Å². The van der Waals surface area contributed by atoms with Crippen molar-refractivity contribution in [1.29, 1.82) is 0 Å². The second-order valence-electron chi connectivity index (χ2n) is 4.56. The molecule has 0 radical (unpaired) electrons. The predicted octanol–water partition coefficient (Wildman–Crippen LogP) is 2.22. The molecule has 90 valence electrons. The van der Waals surface area contributed by atoms with Crippen LogP contribution in [-0.2, 0) is 4.84 Å². The predicted molar refractivity (Wildman–Crippen MR) is 63.4 cm³/mol. The maximum atomic E-state index is 5.47. The summed E-state index contributed by atoms with van der Waals surface area (Å²) < 4.78 is 0. The third-order valence-corrected chi connectivity index (χ3v) is 3.13. The molecule has 0 saturated heterocycles. The summed E-state index contributed by atoms with van der Waals surface area (Å²) in [5, 5.41) is 0. The fourth-order valence-electron chi connectivity index (χ4n) is 2.12. The molecule has 3 heteroatoms. The SMILES string of the molecule is NCCCCCNOCC1CCCCC1. The Morgan fingerprint density at radius 2 is 1.87 bits per heavy atom. The van der Waals surface area contributed by atoms with Gasteiger partial charge in [-0.3, -0.25) is 0 Å². The number of hydrogen-bond acceptors (Lipinski definition) is 3. The number of nitrogens with two attached hydrogens (primary N) is 1. The minimum atomic E-state index is 0.801. The van der Waals surface area contributed by atoms with Crippen molar-refractivity contribution < 1.29 is 4.84 Å². The zero-order valence-electron chi connectivity index (χ0n) is 9.84. The number of nitrogens with one attached hydrogen (secondary N) is 1. The van der Waals surface area contributed by atoms with Gasteiger partial charge in [0.1, 0.15) is 0 Å². The average molecular weight is 214 g/mol. The van der Waals surface area contributed by atoms with Crippen molar-refractivity contribution in [2.75, 3.05) is 19.7 Å². The quantitative estimate of drug-likeness (QED) is 0.481. The molecule has 0 amide bonds. The first-order chi connectivity index (χ1) is 7.43. The lowest BCUT2D eigenvalue weighted by atomic mass is 9.90. The molecule has 15 heavy (non-hydrogen) atoms. The first-order valence-electron chi connectivity index (χ1n) is 6.48. The summed E-state index contributed by atoms with van der Waals surface area (Å²) in [6.07, 6.45) is 10.4. The summed E-state index contributed by atoms with van der Waals surface area (Å²) in [5.74, 6) is 0.801. The number of unbranched alkanes of at least 4 members (excludes halogenated alkanes) is 2. The van der Waals surface area contributed by atoms with Gasteiger partial charge in [0.25, 0.3) is 0 Å². The molecule has 1 rings (SSSR count). The van der Waals surface area contributed by atoms with Crippen molar-refractivity contribution in [2.45, 2.75) is 51.4 Å². The largest absolute Gasteiger partial charge is 0.330 e. The standard InChI is InChI=1S/C12H26N2O/c13-9-5-2-6-10-14-15-11-12-7-3-1-4-8-12/h12,14H,1-11,13H2. The van der Waals surface area contributed by atoms with Crippen LogP contribution in [0.5, 0.6) is 0 Å². The van der Waals surface area contributed by atoms with E-state index in [1.54, 1.807) is 0 Å². The van der Waals surface area contributed by atoms with E-state index < -0.39 is 0 Å². The van der Waals surface area contributed by atoms with Gasteiger partial charge in [-0.15, -0.1) is 0 Å². The molecular formula is C12H26N2O. The van der Waals surface area contributed by atoms with Gasteiger partial charge < -0.3 is 10.6 Å². The molecule has 1 aliphatic carbocycles. The molecular weight excluding hydrogens is 188 g/mol. The Balaban J connectivity index is 1.79. The Kier molecular flexibility index (Phi) is 7.88. The molecule has 3 N–H and O–H groups in total. The Morgan fingerprint density at radius 3 is 2.60 bits per heavy atom. The normalized spacial score (nSPS) is 18.2. The zero-order valence-corrected chi connectivity index (χ0v) is 9.84. The van der Waals surface area contributed by atoms with E-state index in [4.69, 9.17) is 10.6 Å². The fraction of sp³-hybridized carbons (Fsp3) is 1.00. The van der Waals surface area contributed by atoms with Crippen molar-refractivity contribution in [2.24, 2.45) is 11.7 Å². The van der Waals surface area contributed by atoms with Gasteiger partial charge in [-0.2, -0.15) is 0 Å². The molecule has 0 heterocycles. The summed E-state index contributed by atoms with van der Waals surface area (Å²) in [6, 6.07) is 0. The van der Waals surface area contributed by atoms with Crippen molar-refractivity contribution in [1.82, 2.24) is 5.48 Å². The van der Waals surface area contributed by atoms with Crippen molar-refractivity contribution >= 4 is 0 Å². The third-order valence-electron chi connectivity index (χ3n) is 3.13. The van der Waals surface area contributed by atoms with Crippen LogP contribution in [0.3, 0.4) is 0 Å². The molecule has 0 atom stereocenters. The van der Waals surface area contributed by atoms with Gasteiger partial charge >= 0.3 is 0 Å². The lowest BCUT2D eigenvalue weighted by Crippen LogP contribution is -2.22. The maximum Gasteiger partial charge on any atom is 0.0710 e. The van der Waals surface area contributed by atoms with Gasteiger partial charge in [-0.25, -0.2) is 5.48 Å². The van der Waals surface area contributed by atoms with Crippen LogP contribution in [0.15, 0.2) is 0 Å². The second kappa shape index (κ2) is 9.13. The molecule has 3 nitrogen and oxygen atoms in total. The van der Waals surface area contributed by atoms with E-state index in [9.17, 15) is 0 Å². The van der Waals surface area contributed by atoms with Crippen LogP contribution in [-0.4, -0.2) is 19.7 Å². The molecule has 1 saturated carbocycles. The summed E-state index contributed by atoms with van der Waals surface area (Å²) in [7, 11) is 0. The molecule has 1 aliphatic rings. The van der Waals surface area contributed by atoms with Gasteiger partial charge in [-0.05, 0) is 38.1 Å². The molecule has 0 aromatic carbocycles. The minimum Gasteiger partial charge on any atom is -0.330 e. The minimum absolute atomic E-state index is 0.801. The molecule has 0 aliphatic heterocycles. The monoisotopic (exact) mass is 214 g/mol. The van der Waals surface area contributed by atoms with Crippen LogP contribution in [0.25, 0.3) is 0 Å². The van der Waals surface area contributed by atoms with Gasteiger partial charge in [0.05, 0.1) is 6.61 Å². The van der Waals surface area contributed by atoms with Crippen molar-refractivity contribution in [3.8, 4) is 0 Å². The maximum absolute atomic E-state index is 5.47. The first-order valence-corrected chi connectivity index (χ1v) is 6.48. The first kappa shape index (κ1) is 12.9. The third kappa shape index (κ3) is 6.88. The molecule has 0 unspecified atom stereocenters. The van der Waals surface area contributed by atoms with Gasteiger partial charge in [0.2, 0.25) is 0 Å². The molecule has 1 fully saturated rings. The highest BCUT2D eigenvalue weighted by atomic mass is 16.6. The van der Waals surface area contributed by atoms with Crippen molar-refractivity contribution in [3.63, 3.8) is 0 Å². The fourth-order valence-corrected chi connectivity index (χ4v) is 2.12. The molecule has 0 aromatic rings. The summed E-state index contributed by atoms with van der Waals surface area (Å²) >= 11 is 0. The van der Waals surface area contributed by atoms with E-state index in [0.29, 0.717) is 0 Å². The number of hydroxylamine groups is 1. The smallest absolute Gasteiger partial charge is 0.0710 e. The van der Waals surface area contributed by atoms with E-state index in [1.165, 1.54) is 44.9 Å². The van der Waals surface area contributed by atoms with Crippen LogP contribution in [0, 0.1) is 5.92 Å². The Bertz CT molecular complexity index is 136. The van der Waals surface area contributed by atoms with Gasteiger partial charge in [0, 0.05) is 6.54 Å². The van der Waals surface area contributed by atoms with E-state index in [0.717, 1.165) is 32.0 Å². The summed E-state index contributed by atoms with van der Waals surface area (Å²) in [5.41, 5.74) is 8.47. The highest BCUT2D eigenvalue weighted by molar-refractivity contribution is 4.64. The van der Waals surface area contributed by atoms with E-state index in [1.807, 2.05) is 0 Å². The lowest BCUT2D eigenvalue weighted by molar-refractivity contribution is 0.00864. The van der Waals surface area contributed by atoms with Crippen LogP contribution in [0.2, 0.25) is 0 Å². The Hall–Kier alpha value is -0.120. The average Bonchev–Trinajstić information content (AvgIpc) is 2.29. The van der Waals surface area contributed by atoms with Crippen LogP contribution < -0.4 is 11.2 Å². The highest BCUT2D eigenvalue weighted by Gasteiger charge is 2.12. The van der Waals surface area contributed by atoms with Crippen LogP contribution in [0.1, 0.15) is 51.4 Å². The summed E-state index contributed by atoms with van der Waals surface area (Å²) in [4.78, 5) is 5.47. The van der Waals surface area contributed by atoms with Gasteiger partial charge in [-0.1, -0.05) is 25.7 Å². The lowest BCUT2D eigenvalue weighted by Gasteiger charge is -2.21. The highest BCUT2D eigenvalue weighted by Crippen LogP contribution is 2.23. The Morgan fingerprint density at radius 1 is 1.07 bits per heavy atom.